The van der Waals surface area contributed by atoms with Gasteiger partial charge in [-0.2, -0.15) is 0 Å². The predicted octanol–water partition coefficient (Wildman–Crippen LogP) is 3.99. The van der Waals surface area contributed by atoms with Gasteiger partial charge in [-0.25, -0.2) is 9.98 Å². The first-order chi connectivity index (χ1) is 11.6. The summed E-state index contributed by atoms with van der Waals surface area (Å²) in [5.74, 6) is 0.654. The fourth-order valence-corrected chi connectivity index (χ4v) is 4.09. The first-order valence-corrected chi connectivity index (χ1v) is 9.08. The number of fused-ring (bicyclic) bond motifs is 1. The van der Waals surface area contributed by atoms with Gasteiger partial charge < -0.3 is 5.11 Å². The molecule has 7 heteroatoms. The lowest BCUT2D eigenvalue weighted by atomic mass is 10.3. The lowest BCUT2D eigenvalue weighted by molar-refractivity contribution is 0.441. The van der Waals surface area contributed by atoms with Crippen LogP contribution in [0.3, 0.4) is 0 Å². The predicted molar refractivity (Wildman–Crippen MR) is 101 cm³/mol. The van der Waals surface area contributed by atoms with E-state index >= 15 is 0 Å². The van der Waals surface area contributed by atoms with Crippen LogP contribution in [0.4, 0.5) is 0 Å². The molecular weight excluding hydrogens is 406 g/mol. The molecule has 0 bridgehead atoms. The van der Waals surface area contributed by atoms with Crippen molar-refractivity contribution in [3.05, 3.63) is 78.4 Å². The van der Waals surface area contributed by atoms with E-state index in [0.29, 0.717) is 14.7 Å². The average molecular weight is 416 g/mol. The summed E-state index contributed by atoms with van der Waals surface area (Å²) in [5, 5.41) is 12.3. The number of benzene rings is 2. The van der Waals surface area contributed by atoms with Gasteiger partial charge in [-0.3, -0.25) is 4.57 Å². The van der Waals surface area contributed by atoms with Crippen LogP contribution in [0.25, 0.3) is 11.8 Å². The van der Waals surface area contributed by atoms with E-state index < -0.39 is 0 Å². The monoisotopic (exact) mass is 415 g/mol. The number of aromatic nitrogens is 1. The minimum atomic E-state index is 0.0944. The standard InChI is InChI=1S/C17H10BrN3OS2/c18-10-4-3-5-11(8-10)21-16(22)14(24-17(21)23)9-15-19-12-6-1-2-7-13(12)20-15/h1-9,22H. The molecule has 24 heavy (non-hydrogen) atoms. The molecule has 0 spiro atoms. The normalized spacial score (nSPS) is 12.5. The van der Waals surface area contributed by atoms with Crippen LogP contribution in [0.15, 0.2) is 68.8 Å². The number of aromatic hydroxyl groups is 1. The second-order valence-corrected chi connectivity index (χ2v) is 7.68. The molecule has 0 amide bonds. The molecule has 0 saturated carbocycles. The van der Waals surface area contributed by atoms with Crippen molar-refractivity contribution in [1.82, 2.24) is 4.57 Å². The Kier molecular flexibility index (Phi) is 3.91. The summed E-state index contributed by atoms with van der Waals surface area (Å²) < 4.78 is 3.12. The zero-order valence-electron chi connectivity index (χ0n) is 12.2. The van der Waals surface area contributed by atoms with Gasteiger partial charge in [0.2, 0.25) is 5.88 Å². The molecule has 4 nitrogen and oxygen atoms in total. The minimum Gasteiger partial charge on any atom is -0.493 e. The number of nitrogens with zero attached hydrogens (tertiary/aromatic N) is 3. The number of hydrogen-bond acceptors (Lipinski definition) is 5. The Labute approximate surface area is 154 Å². The molecule has 0 saturated heterocycles. The molecule has 1 aliphatic rings. The van der Waals surface area contributed by atoms with E-state index in [1.54, 1.807) is 10.6 Å². The topological polar surface area (TPSA) is 49.9 Å². The summed E-state index contributed by atoms with van der Waals surface area (Å²) >= 11 is 10.2. The number of rotatable bonds is 2. The van der Waals surface area contributed by atoms with Gasteiger partial charge in [0.25, 0.3) is 0 Å². The molecule has 0 unspecified atom stereocenters. The molecule has 2 heterocycles. The Morgan fingerprint density at radius 2 is 1.79 bits per heavy atom. The fraction of sp³-hybridized carbons (Fsp3) is 0. The van der Waals surface area contributed by atoms with Crippen molar-refractivity contribution in [2.45, 2.75) is 0 Å². The molecule has 1 aromatic heterocycles. The maximum Gasteiger partial charge on any atom is 0.215 e. The van der Waals surface area contributed by atoms with Crippen LogP contribution in [-0.4, -0.2) is 9.67 Å². The lowest BCUT2D eigenvalue weighted by Gasteiger charge is -2.04. The molecule has 2 aromatic carbocycles. The molecule has 0 fully saturated rings. The third kappa shape index (κ3) is 2.75. The van der Waals surface area contributed by atoms with E-state index in [1.165, 1.54) is 11.3 Å². The molecule has 3 aromatic rings. The van der Waals surface area contributed by atoms with Gasteiger partial charge >= 0.3 is 0 Å². The van der Waals surface area contributed by atoms with Crippen molar-refractivity contribution in [3.8, 4) is 11.6 Å². The maximum atomic E-state index is 10.6. The van der Waals surface area contributed by atoms with E-state index in [-0.39, 0.29) is 5.88 Å². The molecule has 0 radical (unpaired) electrons. The Bertz CT molecular complexity index is 1120. The highest BCUT2D eigenvalue weighted by Gasteiger charge is 2.13. The van der Waals surface area contributed by atoms with Gasteiger partial charge in [-0.05, 0) is 42.5 Å². The van der Waals surface area contributed by atoms with Gasteiger partial charge in [0.1, 0.15) is 0 Å². The lowest BCUT2D eigenvalue weighted by Crippen LogP contribution is -2.19. The molecule has 1 aliphatic heterocycles. The second-order valence-electron chi connectivity index (χ2n) is 5.09. The van der Waals surface area contributed by atoms with E-state index in [1.807, 2.05) is 48.5 Å². The van der Waals surface area contributed by atoms with Gasteiger partial charge in [0.05, 0.1) is 21.3 Å². The van der Waals surface area contributed by atoms with Crippen LogP contribution < -0.4 is 10.7 Å². The highest BCUT2D eigenvalue weighted by atomic mass is 79.9. The molecule has 4 rings (SSSR count). The van der Waals surface area contributed by atoms with Gasteiger partial charge in [0.15, 0.2) is 9.78 Å². The molecule has 0 aliphatic carbocycles. The van der Waals surface area contributed by atoms with E-state index in [2.05, 4.69) is 25.9 Å². The smallest absolute Gasteiger partial charge is 0.215 e. The van der Waals surface area contributed by atoms with Crippen molar-refractivity contribution in [2.75, 3.05) is 0 Å². The van der Waals surface area contributed by atoms with E-state index in [9.17, 15) is 5.11 Å². The summed E-state index contributed by atoms with van der Waals surface area (Å²) in [7, 11) is 0. The van der Waals surface area contributed by atoms with Gasteiger partial charge in [0, 0.05) is 10.5 Å². The summed E-state index contributed by atoms with van der Waals surface area (Å²) in [4.78, 5) is 9.54. The summed E-state index contributed by atoms with van der Waals surface area (Å²) in [6.07, 6.45) is 1.75. The van der Waals surface area contributed by atoms with Gasteiger partial charge in [-0.15, -0.1) is 11.3 Å². The summed E-state index contributed by atoms with van der Waals surface area (Å²) in [6.45, 7) is 0. The first-order valence-electron chi connectivity index (χ1n) is 7.07. The Morgan fingerprint density at radius 1 is 1.08 bits per heavy atom. The first kappa shape index (κ1) is 15.4. The molecular formula is C17H10BrN3OS2. The van der Waals surface area contributed by atoms with Crippen molar-refractivity contribution >= 4 is 45.6 Å². The zero-order valence-corrected chi connectivity index (χ0v) is 15.4. The molecule has 118 valence electrons. The Balaban J connectivity index is 1.82. The quantitative estimate of drug-likeness (QED) is 0.643. The maximum absolute atomic E-state index is 10.6. The number of hydrogen-bond donors (Lipinski definition) is 1. The number of thiazole rings is 1. The van der Waals surface area contributed by atoms with Crippen molar-refractivity contribution < 1.29 is 5.11 Å². The molecule has 0 atom stereocenters. The van der Waals surface area contributed by atoms with Crippen molar-refractivity contribution in [3.63, 3.8) is 0 Å². The van der Waals surface area contributed by atoms with Crippen LogP contribution in [-0.2, 0) is 0 Å². The van der Waals surface area contributed by atoms with Gasteiger partial charge in [-0.1, -0.05) is 34.1 Å². The Morgan fingerprint density at radius 3 is 2.46 bits per heavy atom. The summed E-state index contributed by atoms with van der Waals surface area (Å²) in [6, 6.07) is 15.3. The Hall–Kier alpha value is -2.09. The van der Waals surface area contributed by atoms with Crippen LogP contribution in [0, 0.1) is 3.95 Å². The van der Waals surface area contributed by atoms with Crippen LogP contribution in [0.1, 0.15) is 4.88 Å². The van der Waals surface area contributed by atoms with Crippen LogP contribution in [0.2, 0.25) is 0 Å². The van der Waals surface area contributed by atoms with Crippen molar-refractivity contribution in [1.29, 1.82) is 0 Å². The molecule has 1 N–H and O–H groups in total. The third-order valence-corrected chi connectivity index (χ3v) is 5.29. The summed E-state index contributed by atoms with van der Waals surface area (Å²) in [5.41, 5.74) is 0.802. The number of para-hydroxylation sites is 2. The zero-order chi connectivity index (χ0) is 16.7. The van der Waals surface area contributed by atoms with Crippen molar-refractivity contribution in [2.24, 2.45) is 9.98 Å². The minimum absolute atomic E-state index is 0.0944. The highest BCUT2D eigenvalue weighted by molar-refractivity contribution is 9.10. The van der Waals surface area contributed by atoms with Crippen LogP contribution in [0.5, 0.6) is 5.88 Å². The SMILES string of the molecule is Oc1c(C=C2N=c3ccccc3=N2)sc(=S)n1-c1cccc(Br)c1. The number of halogens is 1. The highest BCUT2D eigenvalue weighted by Crippen LogP contribution is 2.32. The second kappa shape index (κ2) is 6.08. The largest absolute Gasteiger partial charge is 0.493 e. The van der Waals surface area contributed by atoms with E-state index in [4.69, 9.17) is 12.2 Å². The van der Waals surface area contributed by atoms with E-state index in [0.717, 1.165) is 20.9 Å². The fourth-order valence-electron chi connectivity index (χ4n) is 2.43. The average Bonchev–Trinajstić information content (AvgIpc) is 3.08. The van der Waals surface area contributed by atoms with Crippen LogP contribution >= 0.6 is 39.5 Å². The third-order valence-electron chi connectivity index (χ3n) is 3.49.